The number of nitrogens with zero attached hydrogens (tertiary/aromatic N) is 2. The summed E-state index contributed by atoms with van der Waals surface area (Å²) in [6, 6.07) is 2.67. The van der Waals surface area contributed by atoms with Crippen molar-refractivity contribution in [3.63, 3.8) is 0 Å². The van der Waals surface area contributed by atoms with Gasteiger partial charge in [-0.15, -0.1) is 0 Å². The van der Waals surface area contributed by atoms with Gasteiger partial charge in [0, 0.05) is 36.5 Å². The van der Waals surface area contributed by atoms with Gasteiger partial charge in [-0.2, -0.15) is 0 Å². The molecule has 10 heteroatoms. The van der Waals surface area contributed by atoms with Crippen molar-refractivity contribution in [2.45, 2.75) is 33.4 Å². The van der Waals surface area contributed by atoms with E-state index in [1.807, 2.05) is 11.8 Å². The monoisotopic (exact) mass is 518 g/mol. The largest absolute Gasteiger partial charge is 0.462 e. The summed E-state index contributed by atoms with van der Waals surface area (Å²) in [7, 11) is 0. The zero-order valence-electron chi connectivity index (χ0n) is 20.4. The molecule has 0 spiro atoms. The molecule has 2 aromatic carbocycles. The van der Waals surface area contributed by atoms with E-state index in [1.165, 1.54) is 17.2 Å². The first-order valence-electron chi connectivity index (χ1n) is 11.7. The number of fused-ring (bicyclic) bond motifs is 1. The number of nitrogen functional groups attached to an aromatic ring is 1. The standard InChI is InChI=1S/C26H29ClF2N4O3/c1-5-31-16-9-32(10-16)25-22(27)24-21(14(4)23(25)29)13(3)17(26(35)36-6-2)11-33(24)20-8-19(30)18(28)7-15(20)12-34/h7-8,11,16,31,34H,3,5-6,9-10,12,30H2,1-2,4H3. The van der Waals surface area contributed by atoms with Crippen molar-refractivity contribution in [3.05, 3.63) is 63.8 Å². The molecule has 1 fully saturated rings. The van der Waals surface area contributed by atoms with Gasteiger partial charge >= 0.3 is 5.97 Å². The summed E-state index contributed by atoms with van der Waals surface area (Å²) in [6.45, 7) is 10.9. The molecule has 0 atom stereocenters. The third-order valence-corrected chi connectivity index (χ3v) is 6.86. The highest BCUT2D eigenvalue weighted by atomic mass is 35.5. The van der Waals surface area contributed by atoms with Gasteiger partial charge in [0.25, 0.3) is 0 Å². The third-order valence-electron chi connectivity index (χ3n) is 6.50. The molecule has 4 N–H and O–H groups in total. The number of rotatable bonds is 7. The van der Waals surface area contributed by atoms with E-state index in [2.05, 4.69) is 11.9 Å². The van der Waals surface area contributed by atoms with Crippen LogP contribution in [0.3, 0.4) is 0 Å². The molecule has 2 aliphatic heterocycles. The number of carbonyl (C=O) groups is 1. The molecule has 2 aromatic rings. The average molecular weight is 519 g/mol. The van der Waals surface area contributed by atoms with Gasteiger partial charge in [0.2, 0.25) is 0 Å². The van der Waals surface area contributed by atoms with Crippen LogP contribution in [0, 0.1) is 18.6 Å². The predicted molar refractivity (Wildman–Crippen MR) is 138 cm³/mol. The molecule has 7 nitrogen and oxygen atoms in total. The maximum atomic E-state index is 15.8. The highest BCUT2D eigenvalue weighted by Gasteiger charge is 2.38. The number of aliphatic hydroxyl groups excluding tert-OH is 1. The Hall–Kier alpha value is -3.14. The number of ether oxygens (including phenoxy) is 1. The minimum Gasteiger partial charge on any atom is -0.462 e. The van der Waals surface area contributed by atoms with Crippen molar-refractivity contribution in [1.29, 1.82) is 0 Å². The fourth-order valence-electron chi connectivity index (χ4n) is 4.69. The Labute approximate surface area is 213 Å². The molecule has 0 radical (unpaired) electrons. The first-order valence-corrected chi connectivity index (χ1v) is 12.1. The molecule has 0 unspecified atom stereocenters. The van der Waals surface area contributed by atoms with Crippen molar-refractivity contribution in [2.75, 3.05) is 41.8 Å². The van der Waals surface area contributed by atoms with Crippen LogP contribution in [-0.2, 0) is 16.1 Å². The van der Waals surface area contributed by atoms with Gasteiger partial charge < -0.3 is 30.7 Å². The molecule has 0 aromatic heterocycles. The van der Waals surface area contributed by atoms with Crippen molar-refractivity contribution in [2.24, 2.45) is 0 Å². The maximum Gasteiger partial charge on any atom is 0.340 e. The number of hydrogen-bond acceptors (Lipinski definition) is 7. The lowest BCUT2D eigenvalue weighted by atomic mass is 9.88. The van der Waals surface area contributed by atoms with Crippen LogP contribution < -0.4 is 20.9 Å². The Bertz CT molecular complexity index is 1270. The van der Waals surface area contributed by atoms with E-state index in [0.29, 0.717) is 30.0 Å². The van der Waals surface area contributed by atoms with Crippen LogP contribution in [0.15, 0.2) is 30.5 Å². The quantitative estimate of drug-likeness (QED) is 0.369. The Morgan fingerprint density at radius 1 is 1.31 bits per heavy atom. The van der Waals surface area contributed by atoms with Gasteiger partial charge in [0.05, 0.1) is 46.6 Å². The number of nitrogens with two attached hydrogens (primary N) is 1. The number of likely N-dealkylation sites (N-methyl/N-ethyl adjacent to an activating group) is 1. The Morgan fingerprint density at radius 3 is 2.61 bits per heavy atom. The SMILES string of the molecule is C=C1C(C(=O)OCC)=CN(c2cc(N)c(F)cc2CO)c2c(Cl)c(N3CC(NCC)C3)c(F)c(C)c21. The van der Waals surface area contributed by atoms with E-state index in [-0.39, 0.29) is 51.3 Å². The van der Waals surface area contributed by atoms with E-state index in [0.717, 1.165) is 12.6 Å². The van der Waals surface area contributed by atoms with Gasteiger partial charge in [-0.1, -0.05) is 25.1 Å². The number of carbonyl (C=O) groups excluding carboxylic acids is 1. The Morgan fingerprint density at radius 2 is 2.00 bits per heavy atom. The number of halogens is 3. The van der Waals surface area contributed by atoms with Crippen LogP contribution in [0.5, 0.6) is 0 Å². The molecule has 2 aliphatic rings. The smallest absolute Gasteiger partial charge is 0.340 e. The number of benzene rings is 2. The summed E-state index contributed by atoms with van der Waals surface area (Å²) < 4.78 is 35.3. The molecular formula is C26H29ClF2N4O3. The highest BCUT2D eigenvalue weighted by Crippen LogP contribution is 2.52. The fourth-order valence-corrected chi connectivity index (χ4v) is 5.07. The lowest BCUT2D eigenvalue weighted by Gasteiger charge is -2.43. The molecule has 0 bridgehead atoms. The van der Waals surface area contributed by atoms with E-state index < -0.39 is 24.2 Å². The van der Waals surface area contributed by atoms with E-state index >= 15 is 4.39 Å². The van der Waals surface area contributed by atoms with E-state index in [9.17, 15) is 14.3 Å². The number of esters is 1. The first kappa shape index (κ1) is 25.9. The predicted octanol–water partition coefficient (Wildman–Crippen LogP) is 4.41. The fraction of sp³-hybridized carbons (Fsp3) is 0.346. The molecule has 0 aliphatic carbocycles. The summed E-state index contributed by atoms with van der Waals surface area (Å²) >= 11 is 6.90. The lowest BCUT2D eigenvalue weighted by Crippen LogP contribution is -2.58. The zero-order chi connectivity index (χ0) is 26.3. The van der Waals surface area contributed by atoms with Gasteiger partial charge in [-0.3, -0.25) is 0 Å². The van der Waals surface area contributed by atoms with Crippen LogP contribution in [0.1, 0.15) is 30.5 Å². The van der Waals surface area contributed by atoms with E-state index in [1.54, 1.807) is 13.8 Å². The summed E-state index contributed by atoms with van der Waals surface area (Å²) in [5, 5.41) is 13.4. The minimum atomic E-state index is -0.698. The maximum absolute atomic E-state index is 15.8. The molecule has 0 saturated carbocycles. The number of nitrogens with one attached hydrogen (secondary N) is 1. The highest BCUT2D eigenvalue weighted by molar-refractivity contribution is 6.37. The molecular weight excluding hydrogens is 490 g/mol. The van der Waals surface area contributed by atoms with Crippen LogP contribution in [0.25, 0.3) is 5.57 Å². The Balaban J connectivity index is 1.97. The topological polar surface area (TPSA) is 91.1 Å². The second-order valence-corrected chi connectivity index (χ2v) is 9.14. The number of aliphatic hydroxyl groups is 1. The Kier molecular flexibility index (Phi) is 7.26. The number of hydrogen-bond donors (Lipinski definition) is 3. The van der Waals surface area contributed by atoms with E-state index in [4.69, 9.17) is 22.1 Å². The third kappa shape index (κ3) is 4.21. The van der Waals surface area contributed by atoms with Crippen LogP contribution in [0.2, 0.25) is 5.02 Å². The van der Waals surface area contributed by atoms with Crippen LogP contribution >= 0.6 is 11.6 Å². The molecule has 192 valence electrons. The second-order valence-electron chi connectivity index (χ2n) is 8.76. The van der Waals surface area contributed by atoms with Crippen molar-refractivity contribution in [1.82, 2.24) is 5.32 Å². The summed E-state index contributed by atoms with van der Waals surface area (Å²) in [6.07, 6.45) is 1.46. The summed E-state index contributed by atoms with van der Waals surface area (Å²) in [4.78, 5) is 16.2. The van der Waals surface area contributed by atoms with Crippen molar-refractivity contribution < 1.29 is 23.4 Å². The van der Waals surface area contributed by atoms with Gasteiger partial charge in [-0.25, -0.2) is 13.6 Å². The summed E-state index contributed by atoms with van der Waals surface area (Å²) in [5.74, 6) is -1.87. The molecule has 0 amide bonds. The first-order chi connectivity index (χ1) is 17.1. The molecule has 36 heavy (non-hydrogen) atoms. The van der Waals surface area contributed by atoms with Crippen molar-refractivity contribution in [3.8, 4) is 0 Å². The van der Waals surface area contributed by atoms with Gasteiger partial charge in [0.1, 0.15) is 5.82 Å². The van der Waals surface area contributed by atoms with Crippen molar-refractivity contribution >= 4 is 45.9 Å². The second kappa shape index (κ2) is 10.1. The molecule has 4 rings (SSSR count). The lowest BCUT2D eigenvalue weighted by molar-refractivity contribution is -0.138. The minimum absolute atomic E-state index is 0.0820. The normalized spacial score (nSPS) is 15.5. The molecule has 1 saturated heterocycles. The number of anilines is 4. The van der Waals surface area contributed by atoms with Crippen LogP contribution in [-0.4, -0.2) is 43.4 Å². The van der Waals surface area contributed by atoms with Gasteiger partial charge in [-0.05, 0) is 43.7 Å². The van der Waals surface area contributed by atoms with Crippen LogP contribution in [0.4, 0.5) is 31.5 Å². The summed E-state index contributed by atoms with van der Waals surface area (Å²) in [5.41, 5.74) is 7.69. The zero-order valence-corrected chi connectivity index (χ0v) is 21.2. The average Bonchev–Trinajstić information content (AvgIpc) is 2.82. The van der Waals surface area contributed by atoms with Gasteiger partial charge in [0.15, 0.2) is 5.82 Å². The molecule has 2 heterocycles.